The van der Waals surface area contributed by atoms with Gasteiger partial charge in [-0.15, -0.1) is 0 Å². The Morgan fingerprint density at radius 2 is 1.33 bits per heavy atom. The smallest absolute Gasteiger partial charge is 0.338 e. The van der Waals surface area contributed by atoms with Crippen molar-refractivity contribution >= 4 is 11.9 Å². The highest BCUT2D eigenvalue weighted by Gasteiger charge is 2.14. The lowest BCUT2D eigenvalue weighted by atomic mass is 10.1. The van der Waals surface area contributed by atoms with Gasteiger partial charge in [0.2, 0.25) is 0 Å². The number of ether oxygens (including phenoxy) is 2. The molecule has 7 heteroatoms. The number of halogens is 3. The van der Waals surface area contributed by atoms with Crippen LogP contribution in [-0.4, -0.2) is 18.5 Å². The highest BCUT2D eigenvalue weighted by atomic mass is 19.2. The van der Waals surface area contributed by atoms with Crippen LogP contribution in [0.1, 0.15) is 33.2 Å². The van der Waals surface area contributed by atoms with Crippen LogP contribution in [0.2, 0.25) is 0 Å². The Morgan fingerprint density at radius 1 is 0.833 bits per heavy atom. The minimum Gasteiger partial charge on any atom is -0.462 e. The number of carbonyl (C=O) groups excluding carboxylic acids is 2. The van der Waals surface area contributed by atoms with Gasteiger partial charge in [0.15, 0.2) is 11.6 Å². The molecule has 0 saturated heterocycles. The Morgan fingerprint density at radius 3 is 1.88 bits per heavy atom. The number of carbonyl (C=O) groups is 2. The molecule has 2 rings (SSSR count). The highest BCUT2D eigenvalue weighted by molar-refractivity contribution is 5.93. The fourth-order valence-electron chi connectivity index (χ4n) is 1.86. The Balaban J connectivity index is 2.03. The monoisotopic (exact) mass is 338 g/mol. The third kappa shape index (κ3) is 4.13. The lowest BCUT2D eigenvalue weighted by Crippen LogP contribution is -2.08. The molecule has 0 fully saturated rings. The van der Waals surface area contributed by atoms with Crippen LogP contribution in [-0.2, 0) is 16.1 Å². The van der Waals surface area contributed by atoms with Crippen LogP contribution in [0.5, 0.6) is 0 Å². The second-order valence-corrected chi connectivity index (χ2v) is 4.73. The average Bonchev–Trinajstić information content (AvgIpc) is 2.57. The summed E-state index contributed by atoms with van der Waals surface area (Å²) < 4.78 is 49.0. The van der Waals surface area contributed by atoms with Crippen molar-refractivity contribution in [2.24, 2.45) is 0 Å². The Labute approximate surface area is 135 Å². The molecule has 0 amide bonds. The van der Waals surface area contributed by atoms with Gasteiger partial charge < -0.3 is 9.47 Å². The zero-order valence-electron chi connectivity index (χ0n) is 12.6. The molecule has 0 unspecified atom stereocenters. The van der Waals surface area contributed by atoms with Crippen molar-refractivity contribution in [3.8, 4) is 0 Å². The molecule has 0 heterocycles. The summed E-state index contributed by atoms with van der Waals surface area (Å²) in [5.41, 5.74) is 0.0940. The number of esters is 2. The summed E-state index contributed by atoms with van der Waals surface area (Å²) in [4.78, 5) is 23.3. The summed E-state index contributed by atoms with van der Waals surface area (Å²) in [7, 11) is 0. The third-order valence-electron chi connectivity index (χ3n) is 3.08. The Bertz CT molecular complexity index is 757. The molecule has 0 saturated carbocycles. The number of benzene rings is 2. The molecule has 126 valence electrons. The molecule has 2 aromatic carbocycles. The van der Waals surface area contributed by atoms with E-state index in [0.717, 1.165) is 0 Å². The van der Waals surface area contributed by atoms with Crippen LogP contribution in [0.3, 0.4) is 0 Å². The average molecular weight is 338 g/mol. The fraction of sp³-hybridized carbons (Fsp3) is 0.176. The van der Waals surface area contributed by atoms with Crippen molar-refractivity contribution in [1.82, 2.24) is 0 Å². The first-order valence-electron chi connectivity index (χ1n) is 7.00. The van der Waals surface area contributed by atoms with Crippen molar-refractivity contribution in [2.75, 3.05) is 6.61 Å². The van der Waals surface area contributed by atoms with E-state index in [2.05, 4.69) is 0 Å². The van der Waals surface area contributed by atoms with Crippen molar-refractivity contribution in [2.45, 2.75) is 13.5 Å². The SMILES string of the molecule is CCOC(=O)c1ccc(C(=O)OCc2cc(F)c(F)cc2F)cc1. The van der Waals surface area contributed by atoms with Crippen LogP contribution < -0.4 is 0 Å². The largest absolute Gasteiger partial charge is 0.462 e. The van der Waals surface area contributed by atoms with Gasteiger partial charge in [-0.1, -0.05) is 0 Å². The molecule has 0 aliphatic heterocycles. The molecule has 4 nitrogen and oxygen atoms in total. The van der Waals surface area contributed by atoms with Gasteiger partial charge in [-0.2, -0.15) is 0 Å². The first-order chi connectivity index (χ1) is 11.4. The predicted octanol–water partition coefficient (Wildman–Crippen LogP) is 3.64. The van der Waals surface area contributed by atoms with E-state index in [1.54, 1.807) is 6.92 Å². The van der Waals surface area contributed by atoms with Crippen LogP contribution in [0.15, 0.2) is 36.4 Å². The second kappa shape index (κ2) is 7.63. The molecule has 0 aliphatic rings. The van der Waals surface area contributed by atoms with Crippen molar-refractivity contribution in [3.05, 3.63) is 70.5 Å². The van der Waals surface area contributed by atoms with E-state index in [1.165, 1.54) is 24.3 Å². The minimum atomic E-state index is -1.32. The van der Waals surface area contributed by atoms with Gasteiger partial charge >= 0.3 is 11.9 Å². The van der Waals surface area contributed by atoms with Crippen LogP contribution in [0.25, 0.3) is 0 Å². The van der Waals surface area contributed by atoms with Gasteiger partial charge in [0, 0.05) is 11.6 Å². The molecule has 0 aliphatic carbocycles. The molecule has 24 heavy (non-hydrogen) atoms. The van der Waals surface area contributed by atoms with E-state index in [4.69, 9.17) is 9.47 Å². The zero-order chi connectivity index (χ0) is 17.7. The normalized spacial score (nSPS) is 10.3. The van der Waals surface area contributed by atoms with Gasteiger partial charge in [0.1, 0.15) is 12.4 Å². The van der Waals surface area contributed by atoms with E-state index in [0.29, 0.717) is 12.1 Å². The molecule has 0 N–H and O–H groups in total. The molecule has 2 aromatic rings. The van der Waals surface area contributed by atoms with Crippen molar-refractivity contribution < 1.29 is 32.2 Å². The minimum absolute atomic E-state index is 0.117. The lowest BCUT2D eigenvalue weighted by molar-refractivity contribution is 0.0465. The molecular formula is C17H13F3O4. The summed E-state index contributed by atoms with van der Waals surface area (Å²) in [6.07, 6.45) is 0. The van der Waals surface area contributed by atoms with Gasteiger partial charge in [-0.05, 0) is 37.3 Å². The van der Waals surface area contributed by atoms with E-state index in [1.807, 2.05) is 0 Å². The molecule has 0 radical (unpaired) electrons. The maximum Gasteiger partial charge on any atom is 0.338 e. The Kier molecular flexibility index (Phi) is 5.57. The lowest BCUT2D eigenvalue weighted by Gasteiger charge is -2.07. The molecule has 0 aromatic heterocycles. The van der Waals surface area contributed by atoms with Gasteiger partial charge in [0.05, 0.1) is 17.7 Å². The first-order valence-corrected chi connectivity index (χ1v) is 7.00. The second-order valence-electron chi connectivity index (χ2n) is 4.73. The summed E-state index contributed by atoms with van der Waals surface area (Å²) in [6.45, 7) is 1.34. The predicted molar refractivity (Wildman–Crippen MR) is 77.8 cm³/mol. The van der Waals surface area contributed by atoms with Gasteiger partial charge in [-0.3, -0.25) is 0 Å². The van der Waals surface area contributed by atoms with E-state index < -0.39 is 36.0 Å². The standard InChI is InChI=1S/C17H13F3O4/c1-2-23-16(21)10-3-5-11(6-4-10)17(22)24-9-12-7-14(19)15(20)8-13(12)18/h3-8H,2,9H2,1H3. The van der Waals surface area contributed by atoms with E-state index in [9.17, 15) is 22.8 Å². The first kappa shape index (κ1) is 17.5. The van der Waals surface area contributed by atoms with E-state index >= 15 is 0 Å². The zero-order valence-corrected chi connectivity index (χ0v) is 12.6. The third-order valence-corrected chi connectivity index (χ3v) is 3.08. The van der Waals surface area contributed by atoms with Gasteiger partial charge in [0.25, 0.3) is 0 Å². The fourth-order valence-corrected chi connectivity index (χ4v) is 1.86. The number of hydrogen-bond donors (Lipinski definition) is 0. The maximum absolute atomic E-state index is 13.4. The Hall–Kier alpha value is -2.83. The molecule has 0 atom stereocenters. The van der Waals surface area contributed by atoms with Crippen LogP contribution in [0, 0.1) is 17.5 Å². The summed E-state index contributed by atoms with van der Waals surface area (Å²) in [5, 5.41) is 0. The summed E-state index contributed by atoms with van der Waals surface area (Å²) in [5.74, 6) is -4.89. The molecular weight excluding hydrogens is 325 g/mol. The highest BCUT2D eigenvalue weighted by Crippen LogP contribution is 2.15. The van der Waals surface area contributed by atoms with Gasteiger partial charge in [-0.25, -0.2) is 22.8 Å². The van der Waals surface area contributed by atoms with Crippen LogP contribution >= 0.6 is 0 Å². The van der Waals surface area contributed by atoms with Crippen LogP contribution in [0.4, 0.5) is 13.2 Å². The summed E-state index contributed by atoms with van der Waals surface area (Å²) in [6, 6.07) is 6.46. The quantitative estimate of drug-likeness (QED) is 0.617. The van der Waals surface area contributed by atoms with Crippen molar-refractivity contribution in [1.29, 1.82) is 0 Å². The van der Waals surface area contributed by atoms with Crippen molar-refractivity contribution in [3.63, 3.8) is 0 Å². The maximum atomic E-state index is 13.4. The number of rotatable bonds is 5. The molecule has 0 spiro atoms. The number of hydrogen-bond acceptors (Lipinski definition) is 4. The molecule has 0 bridgehead atoms. The topological polar surface area (TPSA) is 52.6 Å². The van der Waals surface area contributed by atoms with E-state index in [-0.39, 0.29) is 23.3 Å². The summed E-state index contributed by atoms with van der Waals surface area (Å²) >= 11 is 0.